The van der Waals surface area contributed by atoms with Gasteiger partial charge in [-0.3, -0.25) is 10.00 Å². The summed E-state index contributed by atoms with van der Waals surface area (Å²) in [7, 11) is 1.89. The van der Waals surface area contributed by atoms with Crippen molar-refractivity contribution < 1.29 is 4.79 Å². The van der Waals surface area contributed by atoms with Crippen LogP contribution in [0.4, 0.5) is 10.6 Å². The van der Waals surface area contributed by atoms with Crippen molar-refractivity contribution in [3.8, 4) is 0 Å². The van der Waals surface area contributed by atoms with Crippen LogP contribution >= 0.6 is 0 Å². The van der Waals surface area contributed by atoms with E-state index in [4.69, 9.17) is 0 Å². The fourth-order valence-electron chi connectivity index (χ4n) is 3.88. The van der Waals surface area contributed by atoms with E-state index >= 15 is 0 Å². The fraction of sp³-hybridized carbons (Fsp3) is 0.778. The van der Waals surface area contributed by atoms with Crippen molar-refractivity contribution in [1.82, 2.24) is 19.6 Å². The first-order chi connectivity index (χ1) is 11.7. The number of carbonyl (C=O) groups excluding carboxylic acids is 1. The van der Waals surface area contributed by atoms with Crippen molar-refractivity contribution in [2.75, 3.05) is 38.0 Å². The predicted molar refractivity (Wildman–Crippen MR) is 96.2 cm³/mol. The van der Waals surface area contributed by atoms with Gasteiger partial charge in [-0.2, -0.15) is 5.10 Å². The van der Waals surface area contributed by atoms with Gasteiger partial charge in [0.25, 0.3) is 0 Å². The zero-order valence-electron chi connectivity index (χ0n) is 15.1. The Hall–Kier alpha value is -1.56. The number of aryl methyl sites for hydroxylation is 2. The Morgan fingerprint density at radius 3 is 2.83 bits per heavy atom. The Labute approximate surface area is 145 Å². The molecule has 0 saturated carbocycles. The van der Waals surface area contributed by atoms with E-state index in [1.165, 1.54) is 32.4 Å². The van der Waals surface area contributed by atoms with Gasteiger partial charge in [0.15, 0.2) is 0 Å². The van der Waals surface area contributed by atoms with Gasteiger partial charge in [0.2, 0.25) is 0 Å². The summed E-state index contributed by atoms with van der Waals surface area (Å²) in [6.07, 6.45) is 7.17. The molecule has 0 unspecified atom stereocenters. The molecule has 6 heteroatoms. The van der Waals surface area contributed by atoms with E-state index in [1.807, 2.05) is 18.0 Å². The molecule has 1 atom stereocenters. The molecule has 2 fully saturated rings. The highest BCUT2D eigenvalue weighted by molar-refractivity contribution is 5.88. The molecule has 2 amide bonds. The summed E-state index contributed by atoms with van der Waals surface area (Å²) in [6, 6.07) is 2.00. The minimum atomic E-state index is 0.0159. The van der Waals surface area contributed by atoms with E-state index < -0.39 is 0 Å². The molecule has 0 spiro atoms. The monoisotopic (exact) mass is 333 g/mol. The minimum Gasteiger partial charge on any atom is -0.324 e. The van der Waals surface area contributed by atoms with Gasteiger partial charge in [0.1, 0.15) is 5.82 Å². The molecule has 0 radical (unpaired) electrons. The lowest BCUT2D eigenvalue weighted by Gasteiger charge is -2.29. The van der Waals surface area contributed by atoms with Crippen LogP contribution in [-0.4, -0.2) is 58.3 Å². The Morgan fingerprint density at radius 1 is 1.29 bits per heavy atom. The summed E-state index contributed by atoms with van der Waals surface area (Å²) in [5.41, 5.74) is 1.04. The molecule has 1 aromatic heterocycles. The zero-order chi connectivity index (χ0) is 16.9. The van der Waals surface area contributed by atoms with Gasteiger partial charge in [-0.1, -0.05) is 19.8 Å². The smallest absolute Gasteiger partial charge is 0.323 e. The molecule has 0 bridgehead atoms. The summed E-state index contributed by atoms with van der Waals surface area (Å²) in [5, 5.41) is 7.48. The third kappa shape index (κ3) is 4.29. The van der Waals surface area contributed by atoms with Gasteiger partial charge < -0.3 is 9.80 Å². The Bertz CT molecular complexity index is 550. The highest BCUT2D eigenvalue weighted by atomic mass is 16.2. The molecule has 3 heterocycles. The Kier molecular flexibility index (Phi) is 5.76. The average molecular weight is 333 g/mol. The van der Waals surface area contributed by atoms with E-state index in [0.717, 1.165) is 50.4 Å². The molecule has 0 aliphatic carbocycles. The van der Waals surface area contributed by atoms with E-state index in [0.29, 0.717) is 5.92 Å². The quantitative estimate of drug-likeness (QED) is 0.901. The van der Waals surface area contributed by atoms with Gasteiger partial charge in [0.05, 0.1) is 5.69 Å². The lowest BCUT2D eigenvalue weighted by Crippen LogP contribution is -2.37. The van der Waals surface area contributed by atoms with E-state index in [-0.39, 0.29) is 6.03 Å². The minimum absolute atomic E-state index is 0.0159. The first kappa shape index (κ1) is 17.3. The molecular weight excluding hydrogens is 302 g/mol. The number of nitrogens with one attached hydrogen (secondary N) is 1. The third-order valence-corrected chi connectivity index (χ3v) is 5.21. The molecule has 6 nitrogen and oxygen atoms in total. The molecule has 24 heavy (non-hydrogen) atoms. The molecule has 1 N–H and O–H groups in total. The van der Waals surface area contributed by atoms with Crippen LogP contribution in [0.5, 0.6) is 0 Å². The van der Waals surface area contributed by atoms with Crippen molar-refractivity contribution in [2.45, 2.75) is 45.4 Å². The number of carbonyl (C=O) groups is 1. The zero-order valence-corrected chi connectivity index (χ0v) is 15.1. The standard InChI is InChI=1S/C18H31N5O/c1-3-7-16-12-17(21(2)20-16)19-18(24)23-11-8-15(14-23)13-22-9-5-4-6-10-22/h12,15H,3-11,13-14H2,1-2H3,(H,19,24)/t15-/m1/s1. The number of urea groups is 1. The summed E-state index contributed by atoms with van der Waals surface area (Å²) in [6.45, 7) is 7.50. The number of anilines is 1. The second-order valence-electron chi connectivity index (χ2n) is 7.29. The number of aromatic nitrogens is 2. The van der Waals surface area contributed by atoms with Crippen LogP contribution in [0.2, 0.25) is 0 Å². The molecule has 0 aromatic carbocycles. The number of amides is 2. The highest BCUT2D eigenvalue weighted by Gasteiger charge is 2.28. The number of rotatable bonds is 5. The summed E-state index contributed by atoms with van der Waals surface area (Å²) in [4.78, 5) is 17.1. The maximum absolute atomic E-state index is 12.5. The van der Waals surface area contributed by atoms with Crippen LogP contribution < -0.4 is 5.32 Å². The highest BCUT2D eigenvalue weighted by Crippen LogP contribution is 2.21. The summed E-state index contributed by atoms with van der Waals surface area (Å²) in [5.74, 6) is 1.42. The maximum atomic E-state index is 12.5. The molecule has 134 valence electrons. The first-order valence-electron chi connectivity index (χ1n) is 9.47. The molecule has 2 aliphatic heterocycles. The van der Waals surface area contributed by atoms with Gasteiger partial charge in [-0.05, 0) is 44.7 Å². The first-order valence-corrected chi connectivity index (χ1v) is 9.47. The topological polar surface area (TPSA) is 53.4 Å². The summed E-state index contributed by atoms with van der Waals surface area (Å²) < 4.78 is 1.77. The SMILES string of the molecule is CCCc1cc(NC(=O)N2CC[C@H](CN3CCCCC3)C2)n(C)n1. The number of likely N-dealkylation sites (tertiary alicyclic amines) is 2. The second-order valence-corrected chi connectivity index (χ2v) is 7.29. The molecule has 2 saturated heterocycles. The van der Waals surface area contributed by atoms with Crippen LogP contribution in [0.15, 0.2) is 6.07 Å². The number of hydrogen-bond acceptors (Lipinski definition) is 3. The second kappa shape index (κ2) is 8.01. The van der Waals surface area contributed by atoms with Gasteiger partial charge in [-0.25, -0.2) is 4.79 Å². The number of nitrogens with zero attached hydrogens (tertiary/aromatic N) is 4. The van der Waals surface area contributed by atoms with Crippen LogP contribution in [0, 0.1) is 5.92 Å². The molecule has 1 aromatic rings. The predicted octanol–water partition coefficient (Wildman–Crippen LogP) is 2.71. The normalized spacial score (nSPS) is 22.1. The molecular formula is C18H31N5O. The van der Waals surface area contributed by atoms with Crippen molar-refractivity contribution in [1.29, 1.82) is 0 Å². The van der Waals surface area contributed by atoms with Crippen molar-refractivity contribution >= 4 is 11.8 Å². The van der Waals surface area contributed by atoms with Crippen LogP contribution in [0.3, 0.4) is 0 Å². The van der Waals surface area contributed by atoms with Gasteiger partial charge in [-0.15, -0.1) is 0 Å². The lowest BCUT2D eigenvalue weighted by molar-refractivity contribution is 0.192. The van der Waals surface area contributed by atoms with Crippen LogP contribution in [0.25, 0.3) is 0 Å². The van der Waals surface area contributed by atoms with Crippen LogP contribution in [0.1, 0.15) is 44.7 Å². The lowest BCUT2D eigenvalue weighted by atomic mass is 10.1. The maximum Gasteiger partial charge on any atom is 0.323 e. The molecule has 3 rings (SSSR count). The summed E-state index contributed by atoms with van der Waals surface area (Å²) >= 11 is 0. The largest absolute Gasteiger partial charge is 0.324 e. The van der Waals surface area contributed by atoms with E-state index in [9.17, 15) is 4.79 Å². The number of piperidine rings is 1. The van der Waals surface area contributed by atoms with E-state index in [1.54, 1.807) is 4.68 Å². The third-order valence-electron chi connectivity index (χ3n) is 5.21. The van der Waals surface area contributed by atoms with Gasteiger partial charge >= 0.3 is 6.03 Å². The molecule has 2 aliphatic rings. The Balaban J connectivity index is 1.49. The Morgan fingerprint density at radius 2 is 2.08 bits per heavy atom. The van der Waals surface area contributed by atoms with E-state index in [2.05, 4.69) is 22.2 Å². The van der Waals surface area contributed by atoms with Crippen molar-refractivity contribution in [3.05, 3.63) is 11.8 Å². The average Bonchev–Trinajstić information content (AvgIpc) is 3.16. The number of hydrogen-bond donors (Lipinski definition) is 1. The van der Waals surface area contributed by atoms with Crippen LogP contribution in [-0.2, 0) is 13.5 Å². The van der Waals surface area contributed by atoms with Gasteiger partial charge in [0, 0.05) is 32.7 Å². The fourth-order valence-corrected chi connectivity index (χ4v) is 3.88. The van der Waals surface area contributed by atoms with Crippen molar-refractivity contribution in [2.24, 2.45) is 13.0 Å². The van der Waals surface area contributed by atoms with Crippen molar-refractivity contribution in [3.63, 3.8) is 0 Å².